The summed E-state index contributed by atoms with van der Waals surface area (Å²) in [6.45, 7) is 4.34. The maximum Gasteiger partial charge on any atom is 0.0998 e. The van der Waals surface area contributed by atoms with Gasteiger partial charge in [0.25, 0.3) is 0 Å². The zero-order valence-corrected chi connectivity index (χ0v) is 15.1. The van der Waals surface area contributed by atoms with Gasteiger partial charge in [0.1, 0.15) is 0 Å². The zero-order chi connectivity index (χ0) is 17.1. The van der Waals surface area contributed by atoms with E-state index in [-0.39, 0.29) is 0 Å². The summed E-state index contributed by atoms with van der Waals surface area (Å²) >= 11 is 5.95. The van der Waals surface area contributed by atoms with Crippen molar-refractivity contribution in [2.45, 2.75) is 52.0 Å². The smallest absolute Gasteiger partial charge is 0.0998 e. The maximum atomic E-state index is 9.57. The molecule has 1 fully saturated rings. The van der Waals surface area contributed by atoms with Crippen molar-refractivity contribution in [3.8, 4) is 6.07 Å². The van der Waals surface area contributed by atoms with Crippen LogP contribution < -0.4 is 0 Å². The van der Waals surface area contributed by atoms with Gasteiger partial charge in [0.15, 0.2) is 0 Å². The van der Waals surface area contributed by atoms with E-state index in [0.717, 1.165) is 11.1 Å². The van der Waals surface area contributed by atoms with Crippen LogP contribution in [0.4, 0.5) is 0 Å². The van der Waals surface area contributed by atoms with Gasteiger partial charge in [-0.1, -0.05) is 43.0 Å². The van der Waals surface area contributed by atoms with Gasteiger partial charge in [0.2, 0.25) is 0 Å². The summed E-state index contributed by atoms with van der Waals surface area (Å²) in [6, 6.07) is 12.6. The predicted octanol–water partition coefficient (Wildman–Crippen LogP) is 6.33. The van der Waals surface area contributed by atoms with Crippen LogP contribution in [0, 0.1) is 25.2 Å². The molecule has 0 aliphatic heterocycles. The van der Waals surface area contributed by atoms with Crippen molar-refractivity contribution in [2.24, 2.45) is 0 Å². The van der Waals surface area contributed by atoms with E-state index in [2.05, 4.69) is 30.6 Å². The second-order valence-electron chi connectivity index (χ2n) is 6.67. The molecule has 1 aliphatic carbocycles. The second-order valence-corrected chi connectivity index (χ2v) is 7.10. The van der Waals surface area contributed by atoms with Crippen LogP contribution >= 0.6 is 11.6 Å². The van der Waals surface area contributed by atoms with Crippen molar-refractivity contribution in [2.75, 3.05) is 0 Å². The first-order valence-electron chi connectivity index (χ1n) is 8.66. The number of hydrogen-bond acceptors (Lipinski definition) is 1. The van der Waals surface area contributed by atoms with Crippen LogP contribution in [0.15, 0.2) is 30.3 Å². The molecule has 1 aromatic heterocycles. The molecule has 24 heavy (non-hydrogen) atoms. The number of benzene rings is 1. The van der Waals surface area contributed by atoms with Gasteiger partial charge in [0.05, 0.1) is 11.6 Å². The fourth-order valence-corrected chi connectivity index (χ4v) is 3.94. The molecule has 0 bridgehead atoms. The Hall–Kier alpha value is -1.98. The molecule has 1 aromatic carbocycles. The summed E-state index contributed by atoms with van der Waals surface area (Å²) in [5, 5.41) is 10.3. The van der Waals surface area contributed by atoms with Crippen LogP contribution in [0.2, 0.25) is 5.02 Å². The second kappa shape index (κ2) is 7.28. The molecule has 3 rings (SSSR count). The van der Waals surface area contributed by atoms with Gasteiger partial charge in [0, 0.05) is 22.5 Å². The molecule has 1 saturated carbocycles. The molecule has 0 unspecified atom stereocenters. The number of allylic oxidation sites excluding steroid dienone is 1. The van der Waals surface area contributed by atoms with Crippen molar-refractivity contribution in [1.29, 1.82) is 5.26 Å². The molecular weight excluding hydrogens is 316 g/mol. The van der Waals surface area contributed by atoms with E-state index in [1.165, 1.54) is 43.5 Å². The highest BCUT2D eigenvalue weighted by atomic mass is 35.5. The lowest BCUT2D eigenvalue weighted by molar-refractivity contribution is 0.346. The van der Waals surface area contributed by atoms with Crippen LogP contribution in [0.5, 0.6) is 0 Å². The Kier molecular flexibility index (Phi) is 5.11. The monoisotopic (exact) mass is 338 g/mol. The highest BCUT2D eigenvalue weighted by Gasteiger charge is 2.19. The minimum atomic E-state index is 0.613. The lowest BCUT2D eigenvalue weighted by atomic mass is 9.95. The van der Waals surface area contributed by atoms with E-state index >= 15 is 0 Å². The van der Waals surface area contributed by atoms with E-state index < -0.39 is 0 Å². The van der Waals surface area contributed by atoms with Gasteiger partial charge >= 0.3 is 0 Å². The first-order valence-corrected chi connectivity index (χ1v) is 9.04. The number of nitrogens with zero attached hydrogens (tertiary/aromatic N) is 2. The van der Waals surface area contributed by atoms with Crippen molar-refractivity contribution >= 4 is 23.3 Å². The van der Waals surface area contributed by atoms with E-state index in [1.54, 1.807) is 0 Å². The first-order chi connectivity index (χ1) is 11.6. The van der Waals surface area contributed by atoms with E-state index in [9.17, 15) is 5.26 Å². The van der Waals surface area contributed by atoms with E-state index in [1.807, 2.05) is 30.3 Å². The van der Waals surface area contributed by atoms with E-state index in [4.69, 9.17) is 11.6 Å². The largest absolute Gasteiger partial charge is 0.346 e. The molecule has 0 amide bonds. The molecule has 0 N–H and O–H groups in total. The molecular formula is C21H23ClN2. The summed E-state index contributed by atoms with van der Waals surface area (Å²) in [5.41, 5.74) is 5.28. The van der Waals surface area contributed by atoms with Gasteiger partial charge in [-0.25, -0.2) is 0 Å². The molecule has 124 valence electrons. The van der Waals surface area contributed by atoms with Crippen LogP contribution in [0.3, 0.4) is 0 Å². The molecule has 1 heterocycles. The quantitative estimate of drug-likeness (QED) is 0.601. The zero-order valence-electron chi connectivity index (χ0n) is 14.3. The molecule has 2 aromatic rings. The highest BCUT2D eigenvalue weighted by Crippen LogP contribution is 2.33. The van der Waals surface area contributed by atoms with Crippen molar-refractivity contribution < 1.29 is 0 Å². The third-order valence-corrected chi connectivity index (χ3v) is 5.29. The Morgan fingerprint density at radius 3 is 2.46 bits per heavy atom. The number of hydrogen-bond donors (Lipinski definition) is 0. The Morgan fingerprint density at radius 1 is 1.17 bits per heavy atom. The standard InChI is InChI=1S/C21H23ClN2/c1-15-12-18(16(2)24(15)21-6-4-3-5-7-21)13-19(14-23)17-8-10-20(22)11-9-17/h8-13,21H,3-7H2,1-2H3/b19-13-. The fraction of sp³-hybridized carbons (Fsp3) is 0.381. The molecule has 0 radical (unpaired) electrons. The number of halogens is 1. The van der Waals surface area contributed by atoms with Gasteiger partial charge in [-0.3, -0.25) is 0 Å². The molecule has 3 heteroatoms. The van der Waals surface area contributed by atoms with Gasteiger partial charge < -0.3 is 4.57 Å². The van der Waals surface area contributed by atoms with Gasteiger partial charge in [-0.2, -0.15) is 5.26 Å². The third-order valence-electron chi connectivity index (χ3n) is 5.04. The number of nitriles is 1. The molecule has 0 atom stereocenters. The Balaban J connectivity index is 1.97. The molecule has 1 aliphatic rings. The first kappa shape index (κ1) is 16.9. The summed E-state index contributed by atoms with van der Waals surface area (Å²) in [6.07, 6.45) is 8.54. The Morgan fingerprint density at radius 2 is 1.83 bits per heavy atom. The fourth-order valence-electron chi connectivity index (χ4n) is 3.81. The summed E-state index contributed by atoms with van der Waals surface area (Å²) in [4.78, 5) is 0. The van der Waals surface area contributed by atoms with E-state index in [0.29, 0.717) is 16.6 Å². The van der Waals surface area contributed by atoms with Crippen LogP contribution in [-0.2, 0) is 0 Å². The average Bonchev–Trinajstić information content (AvgIpc) is 2.88. The maximum absolute atomic E-state index is 9.57. The number of rotatable bonds is 3. The highest BCUT2D eigenvalue weighted by molar-refractivity contribution is 6.30. The summed E-state index contributed by atoms with van der Waals surface area (Å²) in [7, 11) is 0. The number of aryl methyl sites for hydroxylation is 1. The van der Waals surface area contributed by atoms with Crippen LogP contribution in [-0.4, -0.2) is 4.57 Å². The lowest BCUT2D eigenvalue weighted by Gasteiger charge is -2.26. The average molecular weight is 339 g/mol. The van der Waals surface area contributed by atoms with Crippen molar-refractivity contribution in [3.63, 3.8) is 0 Å². The normalized spacial score (nSPS) is 16.2. The predicted molar refractivity (Wildman–Crippen MR) is 101 cm³/mol. The lowest BCUT2D eigenvalue weighted by Crippen LogP contribution is -2.15. The molecule has 2 nitrogen and oxygen atoms in total. The van der Waals surface area contributed by atoms with Crippen molar-refractivity contribution in [1.82, 2.24) is 4.57 Å². The SMILES string of the molecule is Cc1cc(/C=C(/C#N)c2ccc(Cl)cc2)c(C)n1C1CCCCC1. The van der Waals surface area contributed by atoms with Gasteiger partial charge in [-0.05, 0) is 62.1 Å². The van der Waals surface area contributed by atoms with Crippen LogP contribution in [0.25, 0.3) is 11.6 Å². The minimum Gasteiger partial charge on any atom is -0.346 e. The third kappa shape index (κ3) is 3.42. The molecule has 0 saturated heterocycles. The molecule has 0 spiro atoms. The summed E-state index contributed by atoms with van der Waals surface area (Å²) in [5.74, 6) is 0. The Bertz CT molecular complexity index is 784. The summed E-state index contributed by atoms with van der Waals surface area (Å²) < 4.78 is 2.47. The van der Waals surface area contributed by atoms with Crippen LogP contribution in [0.1, 0.15) is 60.7 Å². The topological polar surface area (TPSA) is 28.7 Å². The van der Waals surface area contributed by atoms with Gasteiger partial charge in [-0.15, -0.1) is 0 Å². The van der Waals surface area contributed by atoms with Crippen molar-refractivity contribution in [3.05, 3.63) is 57.9 Å². The number of aromatic nitrogens is 1. The Labute approximate surface area is 149 Å². The minimum absolute atomic E-state index is 0.613.